The molecule has 7 heteroatoms. The fourth-order valence-electron chi connectivity index (χ4n) is 2.84. The first-order chi connectivity index (χ1) is 12.3. The Labute approximate surface area is 151 Å². The summed E-state index contributed by atoms with van der Waals surface area (Å²) >= 11 is 0. The van der Waals surface area contributed by atoms with Gasteiger partial charge in [0.15, 0.2) is 0 Å². The maximum atomic E-state index is 12.6. The van der Waals surface area contributed by atoms with Crippen molar-refractivity contribution < 1.29 is 18.3 Å². The van der Waals surface area contributed by atoms with Crippen LogP contribution in [0.3, 0.4) is 0 Å². The second-order valence-corrected chi connectivity index (χ2v) is 8.04. The van der Waals surface area contributed by atoms with E-state index < -0.39 is 22.0 Å². The number of aromatic nitrogens is 1. The Kier molecular flexibility index (Phi) is 4.84. The number of hydrogen-bond donors (Lipinski definition) is 3. The van der Waals surface area contributed by atoms with Crippen LogP contribution in [0.4, 0.5) is 0 Å². The van der Waals surface area contributed by atoms with E-state index in [1.54, 1.807) is 18.3 Å². The molecule has 3 aromatic rings. The molecule has 0 saturated heterocycles. The lowest BCUT2D eigenvalue weighted by Crippen LogP contribution is -2.42. The zero-order valence-electron chi connectivity index (χ0n) is 14.5. The minimum Gasteiger partial charge on any atom is -0.480 e. The first-order valence-corrected chi connectivity index (χ1v) is 9.63. The van der Waals surface area contributed by atoms with Gasteiger partial charge < -0.3 is 10.1 Å². The number of aliphatic carboxylic acids is 1. The Morgan fingerprint density at radius 1 is 1.15 bits per heavy atom. The highest BCUT2D eigenvalue weighted by atomic mass is 32.2. The highest BCUT2D eigenvalue weighted by molar-refractivity contribution is 7.89. The number of carbonyl (C=O) groups is 1. The van der Waals surface area contributed by atoms with Crippen molar-refractivity contribution in [2.75, 3.05) is 0 Å². The van der Waals surface area contributed by atoms with Crippen LogP contribution in [0.5, 0.6) is 0 Å². The highest BCUT2D eigenvalue weighted by Crippen LogP contribution is 2.20. The second kappa shape index (κ2) is 6.93. The summed E-state index contributed by atoms with van der Waals surface area (Å²) in [7, 11) is -3.94. The molecule has 6 nitrogen and oxygen atoms in total. The Balaban J connectivity index is 1.88. The normalized spacial score (nSPS) is 13.0. The van der Waals surface area contributed by atoms with Crippen LogP contribution in [0.1, 0.15) is 16.7 Å². The van der Waals surface area contributed by atoms with Gasteiger partial charge in [-0.1, -0.05) is 24.3 Å². The number of sulfonamides is 1. The number of nitrogens with one attached hydrogen (secondary N) is 2. The van der Waals surface area contributed by atoms with Crippen molar-refractivity contribution in [3.63, 3.8) is 0 Å². The summed E-state index contributed by atoms with van der Waals surface area (Å²) in [5.41, 5.74) is 3.42. The molecule has 0 aliphatic rings. The van der Waals surface area contributed by atoms with Gasteiger partial charge in [-0.15, -0.1) is 0 Å². The second-order valence-electron chi connectivity index (χ2n) is 6.32. The number of aryl methyl sites for hydroxylation is 2. The van der Waals surface area contributed by atoms with Crippen molar-refractivity contribution in [3.05, 3.63) is 65.4 Å². The molecule has 1 atom stereocenters. The van der Waals surface area contributed by atoms with E-state index in [1.165, 1.54) is 6.07 Å². The van der Waals surface area contributed by atoms with Crippen LogP contribution in [-0.2, 0) is 21.2 Å². The number of para-hydroxylation sites is 1. The highest BCUT2D eigenvalue weighted by Gasteiger charge is 2.26. The maximum Gasteiger partial charge on any atom is 0.322 e. The predicted molar refractivity (Wildman–Crippen MR) is 99.7 cm³/mol. The third kappa shape index (κ3) is 3.63. The summed E-state index contributed by atoms with van der Waals surface area (Å²) in [5.74, 6) is -1.22. The lowest BCUT2D eigenvalue weighted by Gasteiger charge is -2.15. The summed E-state index contributed by atoms with van der Waals surface area (Å²) in [6, 6.07) is 11.0. The summed E-state index contributed by atoms with van der Waals surface area (Å²) in [6.07, 6.45) is 1.76. The van der Waals surface area contributed by atoms with E-state index in [9.17, 15) is 18.3 Å². The zero-order chi connectivity index (χ0) is 18.9. The Bertz CT molecular complexity index is 1070. The average Bonchev–Trinajstić information content (AvgIpc) is 2.99. The van der Waals surface area contributed by atoms with E-state index in [0.29, 0.717) is 0 Å². The molecular weight excluding hydrogens is 352 g/mol. The quantitative estimate of drug-likeness (QED) is 0.619. The third-order valence-corrected chi connectivity index (χ3v) is 5.95. The van der Waals surface area contributed by atoms with E-state index >= 15 is 0 Å². The molecular formula is C19H20N2O4S. The molecule has 1 aromatic heterocycles. The van der Waals surface area contributed by atoms with Gasteiger partial charge in [-0.3, -0.25) is 4.79 Å². The van der Waals surface area contributed by atoms with E-state index in [1.807, 2.05) is 38.1 Å². The molecule has 0 spiro atoms. The first-order valence-electron chi connectivity index (χ1n) is 8.15. The molecule has 0 aliphatic carbocycles. The number of H-pyrrole nitrogens is 1. The molecule has 1 heterocycles. The Morgan fingerprint density at radius 2 is 1.88 bits per heavy atom. The molecule has 136 valence electrons. The van der Waals surface area contributed by atoms with Crippen LogP contribution in [0.2, 0.25) is 0 Å². The van der Waals surface area contributed by atoms with Crippen LogP contribution in [0.15, 0.2) is 53.6 Å². The summed E-state index contributed by atoms with van der Waals surface area (Å²) in [5, 5.41) is 10.4. The van der Waals surface area contributed by atoms with Gasteiger partial charge in [0.05, 0.1) is 4.90 Å². The first kappa shape index (κ1) is 18.2. The van der Waals surface area contributed by atoms with Gasteiger partial charge in [0.2, 0.25) is 10.0 Å². The summed E-state index contributed by atoms with van der Waals surface area (Å²) in [6.45, 7) is 3.70. The van der Waals surface area contributed by atoms with Crippen molar-refractivity contribution in [2.24, 2.45) is 0 Å². The zero-order valence-corrected chi connectivity index (χ0v) is 15.3. The van der Waals surface area contributed by atoms with Gasteiger partial charge in [0.25, 0.3) is 0 Å². The average molecular weight is 372 g/mol. The minimum atomic E-state index is -3.94. The van der Waals surface area contributed by atoms with Crippen molar-refractivity contribution >= 4 is 26.9 Å². The number of carboxylic acid groups (broad SMARTS) is 1. The van der Waals surface area contributed by atoms with Gasteiger partial charge in [0, 0.05) is 23.5 Å². The van der Waals surface area contributed by atoms with Crippen LogP contribution < -0.4 is 4.72 Å². The third-order valence-electron chi connectivity index (χ3n) is 4.48. The summed E-state index contributed by atoms with van der Waals surface area (Å²) in [4.78, 5) is 14.8. The fourth-order valence-corrected chi connectivity index (χ4v) is 4.11. The molecule has 3 rings (SSSR count). The van der Waals surface area contributed by atoms with Gasteiger partial charge in [0.1, 0.15) is 6.04 Å². The van der Waals surface area contributed by atoms with Gasteiger partial charge in [-0.05, 0) is 48.7 Å². The van der Waals surface area contributed by atoms with Crippen LogP contribution in [0, 0.1) is 13.8 Å². The fraction of sp³-hybridized carbons (Fsp3) is 0.211. The van der Waals surface area contributed by atoms with Crippen molar-refractivity contribution in [1.82, 2.24) is 9.71 Å². The van der Waals surface area contributed by atoms with E-state index in [4.69, 9.17) is 0 Å². The van der Waals surface area contributed by atoms with Crippen molar-refractivity contribution in [1.29, 1.82) is 0 Å². The minimum absolute atomic E-state index is 0.0451. The Morgan fingerprint density at radius 3 is 2.58 bits per heavy atom. The molecule has 0 aliphatic heterocycles. The maximum absolute atomic E-state index is 12.6. The Hall–Kier alpha value is -2.64. The van der Waals surface area contributed by atoms with Crippen LogP contribution >= 0.6 is 0 Å². The molecule has 0 radical (unpaired) electrons. The number of aromatic amines is 1. The summed E-state index contributed by atoms with van der Waals surface area (Å²) < 4.78 is 27.6. The topological polar surface area (TPSA) is 99.3 Å². The van der Waals surface area contributed by atoms with E-state index in [0.717, 1.165) is 27.6 Å². The monoisotopic (exact) mass is 372 g/mol. The van der Waals surface area contributed by atoms with Crippen molar-refractivity contribution in [2.45, 2.75) is 31.2 Å². The smallest absolute Gasteiger partial charge is 0.322 e. The van der Waals surface area contributed by atoms with Gasteiger partial charge in [-0.25, -0.2) is 8.42 Å². The van der Waals surface area contributed by atoms with Crippen LogP contribution in [0.25, 0.3) is 10.9 Å². The number of fused-ring (bicyclic) bond motifs is 1. The number of hydrogen-bond acceptors (Lipinski definition) is 3. The standard InChI is InChI=1S/C19H20N2O4S/c1-12-7-8-15(9-13(12)2)26(24,25)21-18(19(22)23)10-14-11-20-17-6-4-3-5-16(14)17/h3-9,11,18,20-21H,10H2,1-2H3,(H,22,23)/t18-/m1/s1. The molecule has 0 bridgehead atoms. The molecule has 0 amide bonds. The lowest BCUT2D eigenvalue weighted by molar-refractivity contribution is -0.138. The molecule has 3 N–H and O–H groups in total. The van der Waals surface area contributed by atoms with Crippen LogP contribution in [-0.4, -0.2) is 30.5 Å². The lowest BCUT2D eigenvalue weighted by atomic mass is 10.1. The van der Waals surface area contributed by atoms with Crippen molar-refractivity contribution in [3.8, 4) is 0 Å². The largest absolute Gasteiger partial charge is 0.480 e. The SMILES string of the molecule is Cc1ccc(S(=O)(=O)N[C@H](Cc2c[nH]c3ccccc23)C(=O)O)cc1C. The molecule has 0 saturated carbocycles. The number of rotatable bonds is 6. The molecule has 2 aromatic carbocycles. The molecule has 26 heavy (non-hydrogen) atoms. The molecule has 0 unspecified atom stereocenters. The molecule has 0 fully saturated rings. The van der Waals surface area contributed by atoms with E-state index in [-0.39, 0.29) is 11.3 Å². The number of benzene rings is 2. The predicted octanol–water partition coefficient (Wildman–Crippen LogP) is 2.76. The van der Waals surface area contributed by atoms with Gasteiger partial charge in [-0.2, -0.15) is 4.72 Å². The number of carboxylic acids is 1. The van der Waals surface area contributed by atoms with Gasteiger partial charge >= 0.3 is 5.97 Å². The van der Waals surface area contributed by atoms with E-state index in [2.05, 4.69) is 9.71 Å².